The van der Waals surface area contributed by atoms with E-state index in [-0.39, 0.29) is 12.3 Å². The molecule has 11 heteroatoms. The Hall–Kier alpha value is -4.02. The molecule has 8 nitrogen and oxygen atoms in total. The van der Waals surface area contributed by atoms with Crippen molar-refractivity contribution in [2.24, 2.45) is 0 Å². The lowest BCUT2D eigenvalue weighted by atomic mass is 10.2. The smallest absolute Gasteiger partial charge is 0.434 e. The highest BCUT2D eigenvalue weighted by molar-refractivity contribution is 5.90. The first-order chi connectivity index (χ1) is 14.9. The number of pyridine rings is 1. The van der Waals surface area contributed by atoms with Crippen LogP contribution < -0.4 is 0 Å². The van der Waals surface area contributed by atoms with E-state index in [2.05, 4.69) is 20.4 Å². The van der Waals surface area contributed by atoms with Crippen LogP contribution in [0.1, 0.15) is 23.0 Å². The highest BCUT2D eigenvalue weighted by atomic mass is 19.4. The predicted molar refractivity (Wildman–Crippen MR) is 103 cm³/mol. The number of ether oxygens (including phenoxy) is 1. The Bertz CT molecular complexity index is 1200. The number of carbonyl (C=O) groups excluding carboxylic acids is 1. The van der Waals surface area contributed by atoms with Crippen LogP contribution in [0.5, 0.6) is 0 Å². The molecule has 0 atom stereocenters. The first kappa shape index (κ1) is 20.3. The lowest BCUT2D eigenvalue weighted by Crippen LogP contribution is -2.18. The van der Waals surface area contributed by atoms with Crippen LogP contribution >= 0.6 is 0 Å². The number of hydrogen-bond donors (Lipinski definition) is 0. The van der Waals surface area contributed by atoms with Crippen molar-refractivity contribution in [3.05, 3.63) is 72.4 Å². The fourth-order valence-electron chi connectivity index (χ4n) is 2.97. The average Bonchev–Trinajstić information content (AvgIpc) is 3.42. The lowest BCUT2D eigenvalue weighted by Gasteiger charge is -2.12. The molecule has 0 radical (unpaired) electrons. The van der Waals surface area contributed by atoms with Gasteiger partial charge in [0.25, 0.3) is 0 Å². The van der Waals surface area contributed by atoms with Gasteiger partial charge in [-0.25, -0.2) is 14.2 Å². The van der Waals surface area contributed by atoms with E-state index in [1.807, 2.05) is 0 Å². The minimum Gasteiger partial charge on any atom is -0.462 e. The highest BCUT2D eigenvalue weighted by Crippen LogP contribution is 2.34. The van der Waals surface area contributed by atoms with Gasteiger partial charge in [0.15, 0.2) is 5.69 Å². The molecule has 0 bridgehead atoms. The molecule has 31 heavy (non-hydrogen) atoms. The van der Waals surface area contributed by atoms with E-state index in [9.17, 15) is 18.0 Å². The van der Waals surface area contributed by atoms with Gasteiger partial charge in [0.05, 0.1) is 30.4 Å². The standard InChI is InChI=1S/C20H15F3N6O2/c1-2-31-19(30)16-11-25-29(18(16)20(21,22)23)15-5-3-14(4-6-15)28-12-17(26-27-28)13-7-9-24-10-8-13/h3-12H,2H2,1H3. The van der Waals surface area contributed by atoms with E-state index < -0.39 is 23.4 Å². The van der Waals surface area contributed by atoms with Crippen LogP contribution in [0, 0.1) is 0 Å². The van der Waals surface area contributed by atoms with E-state index in [1.165, 1.54) is 23.7 Å². The van der Waals surface area contributed by atoms with E-state index in [1.54, 1.807) is 42.9 Å². The summed E-state index contributed by atoms with van der Waals surface area (Å²) in [5, 5.41) is 11.9. The maximum Gasteiger partial charge on any atom is 0.434 e. The topological polar surface area (TPSA) is 87.7 Å². The third kappa shape index (κ3) is 4.02. The van der Waals surface area contributed by atoms with E-state index in [4.69, 9.17) is 4.74 Å². The fourth-order valence-corrected chi connectivity index (χ4v) is 2.97. The second kappa shape index (κ2) is 8.01. The Morgan fingerprint density at radius 1 is 1.06 bits per heavy atom. The maximum atomic E-state index is 13.6. The van der Waals surface area contributed by atoms with Gasteiger partial charge in [0, 0.05) is 18.0 Å². The quantitative estimate of drug-likeness (QED) is 0.451. The van der Waals surface area contributed by atoms with Gasteiger partial charge in [-0.2, -0.15) is 18.3 Å². The van der Waals surface area contributed by atoms with Crippen LogP contribution in [-0.4, -0.2) is 42.3 Å². The number of carbonyl (C=O) groups is 1. The van der Waals surface area contributed by atoms with Crippen molar-refractivity contribution in [2.45, 2.75) is 13.1 Å². The van der Waals surface area contributed by atoms with E-state index in [0.29, 0.717) is 16.1 Å². The van der Waals surface area contributed by atoms with Gasteiger partial charge >= 0.3 is 12.1 Å². The minimum atomic E-state index is -4.80. The van der Waals surface area contributed by atoms with Crippen LogP contribution in [0.3, 0.4) is 0 Å². The molecule has 1 aromatic carbocycles. The van der Waals surface area contributed by atoms with Crippen molar-refractivity contribution < 1.29 is 22.7 Å². The van der Waals surface area contributed by atoms with Crippen molar-refractivity contribution >= 4 is 5.97 Å². The van der Waals surface area contributed by atoms with Crippen molar-refractivity contribution in [3.8, 4) is 22.6 Å². The number of halogens is 3. The molecule has 4 aromatic rings. The largest absolute Gasteiger partial charge is 0.462 e. The van der Waals surface area contributed by atoms with Crippen LogP contribution in [0.25, 0.3) is 22.6 Å². The second-order valence-electron chi connectivity index (χ2n) is 6.34. The molecule has 0 spiro atoms. The second-order valence-corrected chi connectivity index (χ2v) is 6.34. The number of alkyl halides is 3. The summed E-state index contributed by atoms with van der Waals surface area (Å²) < 4.78 is 47.8. The molecule has 4 rings (SSSR count). The van der Waals surface area contributed by atoms with Gasteiger partial charge < -0.3 is 4.74 Å². The molecule has 0 amide bonds. The number of nitrogens with zero attached hydrogens (tertiary/aromatic N) is 6. The zero-order valence-electron chi connectivity index (χ0n) is 16.1. The number of aromatic nitrogens is 6. The maximum absolute atomic E-state index is 13.6. The first-order valence-corrected chi connectivity index (χ1v) is 9.14. The van der Waals surface area contributed by atoms with Crippen LogP contribution in [0.15, 0.2) is 61.2 Å². The first-order valence-electron chi connectivity index (χ1n) is 9.14. The third-order valence-electron chi connectivity index (χ3n) is 4.36. The molecule has 0 unspecified atom stereocenters. The van der Waals surface area contributed by atoms with Gasteiger partial charge in [-0.15, -0.1) is 5.10 Å². The Labute approximate surface area is 173 Å². The summed E-state index contributed by atoms with van der Waals surface area (Å²) in [5.41, 5.74) is 0.327. The minimum absolute atomic E-state index is 0.0462. The van der Waals surface area contributed by atoms with Crippen molar-refractivity contribution in [1.29, 1.82) is 0 Å². The molecule has 0 aliphatic carbocycles. The molecule has 0 saturated carbocycles. The summed E-state index contributed by atoms with van der Waals surface area (Å²) in [6.07, 6.45) is 1.01. The summed E-state index contributed by atoms with van der Waals surface area (Å²) in [6.45, 7) is 1.47. The predicted octanol–water partition coefficient (Wildman–Crippen LogP) is 3.71. The molecular weight excluding hydrogens is 413 g/mol. The molecule has 158 valence electrons. The van der Waals surface area contributed by atoms with E-state index >= 15 is 0 Å². The molecule has 0 fully saturated rings. The number of rotatable bonds is 5. The monoisotopic (exact) mass is 428 g/mol. The zero-order chi connectivity index (χ0) is 22.0. The Morgan fingerprint density at radius 3 is 2.39 bits per heavy atom. The summed E-state index contributed by atoms with van der Waals surface area (Å²) >= 11 is 0. The van der Waals surface area contributed by atoms with Gasteiger partial charge in [-0.3, -0.25) is 4.98 Å². The van der Waals surface area contributed by atoms with Crippen LogP contribution in [0.4, 0.5) is 13.2 Å². The lowest BCUT2D eigenvalue weighted by molar-refractivity contribution is -0.143. The SMILES string of the molecule is CCOC(=O)c1cnn(-c2ccc(-n3cc(-c4ccncc4)nn3)cc2)c1C(F)(F)F. The summed E-state index contributed by atoms with van der Waals surface area (Å²) in [4.78, 5) is 15.9. The number of benzene rings is 1. The van der Waals surface area contributed by atoms with Gasteiger partial charge in [-0.1, -0.05) is 5.21 Å². The van der Waals surface area contributed by atoms with Crippen molar-refractivity contribution in [1.82, 2.24) is 29.8 Å². The summed E-state index contributed by atoms with van der Waals surface area (Å²) in [5.74, 6) is -1.08. The van der Waals surface area contributed by atoms with Gasteiger partial charge in [0.1, 0.15) is 11.3 Å². The number of esters is 1. The Balaban J connectivity index is 1.66. The van der Waals surface area contributed by atoms with Crippen LogP contribution in [0.2, 0.25) is 0 Å². The highest BCUT2D eigenvalue weighted by Gasteiger charge is 2.41. The normalized spacial score (nSPS) is 11.5. The third-order valence-corrected chi connectivity index (χ3v) is 4.36. The molecule has 0 saturated heterocycles. The average molecular weight is 428 g/mol. The van der Waals surface area contributed by atoms with Crippen molar-refractivity contribution in [2.75, 3.05) is 6.61 Å². The number of hydrogen-bond acceptors (Lipinski definition) is 6. The zero-order valence-corrected chi connectivity index (χ0v) is 16.1. The molecule has 3 aromatic heterocycles. The summed E-state index contributed by atoms with van der Waals surface area (Å²) in [7, 11) is 0. The molecule has 3 heterocycles. The molecule has 0 aliphatic heterocycles. The van der Waals surface area contributed by atoms with Gasteiger partial charge in [-0.05, 0) is 43.3 Å². The Kier molecular flexibility index (Phi) is 5.24. The Morgan fingerprint density at radius 2 is 1.74 bits per heavy atom. The summed E-state index contributed by atoms with van der Waals surface area (Å²) in [6, 6.07) is 9.61. The fraction of sp³-hybridized carbons (Fsp3) is 0.150. The van der Waals surface area contributed by atoms with E-state index in [0.717, 1.165) is 11.8 Å². The van der Waals surface area contributed by atoms with Crippen molar-refractivity contribution in [3.63, 3.8) is 0 Å². The molecule has 0 N–H and O–H groups in total. The van der Waals surface area contributed by atoms with Gasteiger partial charge in [0.2, 0.25) is 0 Å². The molecular formula is C20H15F3N6O2. The molecule has 0 aliphatic rings. The van der Waals surface area contributed by atoms with Crippen LogP contribution in [-0.2, 0) is 10.9 Å².